The number of nitrogens with zero attached hydrogens (tertiary/aromatic N) is 2. The van der Waals surface area contributed by atoms with Gasteiger partial charge in [-0.3, -0.25) is 8.87 Å². The highest BCUT2D eigenvalue weighted by Gasteiger charge is 2.37. The van der Waals surface area contributed by atoms with Crippen LogP contribution in [0.2, 0.25) is 0 Å². The van der Waals surface area contributed by atoms with Crippen LogP contribution >= 0.6 is 0 Å². The number of methoxy groups -OCH3 is 2. The van der Waals surface area contributed by atoms with Gasteiger partial charge in [0.25, 0.3) is 0 Å². The third-order valence-electron chi connectivity index (χ3n) is 8.33. The number of ether oxygens (including phenoxy) is 3. The standard InChI is InChI=1S/C34H32N2O4S/c1-38-25-13-14-30-28(18-25)29-19-31-27-20-34(40-22-23-9-5-3-6-10-23)33(39-2)17-24(27)15-16-35(31)21-32(29)36(30)41(37)26-11-7-4-8-12-26/h3-14,17-18,20,31H,15-16,19,21-22H2,1-2H3. The fourth-order valence-corrected chi connectivity index (χ4v) is 7.59. The maximum absolute atomic E-state index is 14.0. The van der Waals surface area contributed by atoms with E-state index in [0.717, 1.165) is 70.2 Å². The second-order valence-corrected chi connectivity index (χ2v) is 11.9. The Bertz CT molecular complexity index is 1750. The molecule has 1 aromatic heterocycles. The van der Waals surface area contributed by atoms with Gasteiger partial charge in [0.05, 0.1) is 30.3 Å². The van der Waals surface area contributed by atoms with Gasteiger partial charge in [0, 0.05) is 24.5 Å². The topological polar surface area (TPSA) is 52.9 Å². The number of hydrogen-bond acceptors (Lipinski definition) is 5. The van der Waals surface area contributed by atoms with E-state index in [4.69, 9.17) is 14.2 Å². The molecule has 0 spiro atoms. The Balaban J connectivity index is 1.30. The van der Waals surface area contributed by atoms with Crippen molar-refractivity contribution in [3.63, 3.8) is 0 Å². The van der Waals surface area contributed by atoms with E-state index < -0.39 is 11.0 Å². The second kappa shape index (κ2) is 10.7. The van der Waals surface area contributed by atoms with Crippen molar-refractivity contribution in [2.24, 2.45) is 0 Å². The summed E-state index contributed by atoms with van der Waals surface area (Å²) in [6.45, 7) is 2.13. The van der Waals surface area contributed by atoms with E-state index in [1.807, 2.05) is 64.6 Å². The molecule has 7 heteroatoms. The molecular formula is C34H32N2O4S. The van der Waals surface area contributed by atoms with Gasteiger partial charge in [-0.25, -0.2) is 4.21 Å². The third-order valence-corrected chi connectivity index (χ3v) is 9.76. The summed E-state index contributed by atoms with van der Waals surface area (Å²) >= 11 is 0. The molecule has 7 rings (SSSR count). The van der Waals surface area contributed by atoms with Crippen molar-refractivity contribution in [1.29, 1.82) is 0 Å². The molecule has 0 amide bonds. The smallest absolute Gasteiger partial charge is 0.162 e. The molecule has 0 fully saturated rings. The molecule has 2 unspecified atom stereocenters. The number of rotatable bonds is 7. The molecule has 2 atom stereocenters. The minimum absolute atomic E-state index is 0.187. The Morgan fingerprint density at radius 3 is 2.41 bits per heavy atom. The van der Waals surface area contributed by atoms with Crippen molar-refractivity contribution >= 4 is 21.9 Å². The van der Waals surface area contributed by atoms with E-state index in [0.29, 0.717) is 6.61 Å². The van der Waals surface area contributed by atoms with Crippen molar-refractivity contribution in [3.8, 4) is 17.2 Å². The van der Waals surface area contributed by atoms with Gasteiger partial charge in [-0.2, -0.15) is 0 Å². The molecule has 0 saturated heterocycles. The van der Waals surface area contributed by atoms with Crippen molar-refractivity contribution in [1.82, 2.24) is 8.87 Å². The van der Waals surface area contributed by atoms with Crippen LogP contribution in [0.5, 0.6) is 17.2 Å². The molecule has 208 valence electrons. The van der Waals surface area contributed by atoms with Crippen molar-refractivity contribution in [2.75, 3.05) is 20.8 Å². The highest BCUT2D eigenvalue weighted by molar-refractivity contribution is 7.83. The first-order valence-electron chi connectivity index (χ1n) is 13.9. The zero-order chi connectivity index (χ0) is 27.9. The lowest BCUT2D eigenvalue weighted by atomic mass is 9.85. The van der Waals surface area contributed by atoms with E-state index in [2.05, 4.69) is 35.2 Å². The van der Waals surface area contributed by atoms with Crippen molar-refractivity contribution in [2.45, 2.75) is 36.9 Å². The number of benzene rings is 4. The van der Waals surface area contributed by atoms with Crippen molar-refractivity contribution < 1.29 is 18.4 Å². The maximum atomic E-state index is 14.0. The van der Waals surface area contributed by atoms with Gasteiger partial charge in [-0.1, -0.05) is 48.5 Å². The van der Waals surface area contributed by atoms with Gasteiger partial charge >= 0.3 is 0 Å². The molecule has 0 bridgehead atoms. The molecule has 2 aliphatic rings. The van der Waals surface area contributed by atoms with Crippen LogP contribution in [-0.4, -0.2) is 33.8 Å². The lowest BCUT2D eigenvalue weighted by Crippen LogP contribution is -2.40. The number of fused-ring (bicyclic) bond motifs is 6. The van der Waals surface area contributed by atoms with Crippen LogP contribution in [0, 0.1) is 0 Å². The highest BCUT2D eigenvalue weighted by atomic mass is 32.2. The van der Waals surface area contributed by atoms with Crippen LogP contribution < -0.4 is 14.2 Å². The van der Waals surface area contributed by atoms with E-state index in [9.17, 15) is 4.21 Å². The van der Waals surface area contributed by atoms with E-state index in [-0.39, 0.29) is 6.04 Å². The maximum Gasteiger partial charge on any atom is 0.162 e. The summed E-state index contributed by atoms with van der Waals surface area (Å²) in [5.41, 5.74) is 7.01. The molecule has 41 heavy (non-hydrogen) atoms. The fraction of sp³-hybridized carbons (Fsp3) is 0.235. The van der Waals surface area contributed by atoms with Gasteiger partial charge < -0.3 is 14.2 Å². The quantitative estimate of drug-likeness (QED) is 0.227. The Kier molecular flexibility index (Phi) is 6.77. The van der Waals surface area contributed by atoms with Crippen LogP contribution in [0.4, 0.5) is 0 Å². The summed E-state index contributed by atoms with van der Waals surface area (Å²) < 4.78 is 33.7. The molecule has 0 saturated carbocycles. The predicted octanol–water partition coefficient (Wildman–Crippen LogP) is 6.46. The largest absolute Gasteiger partial charge is 0.497 e. The Labute approximate surface area is 242 Å². The first kappa shape index (κ1) is 25.9. The third kappa shape index (κ3) is 4.59. The van der Waals surface area contributed by atoms with Crippen LogP contribution in [0.3, 0.4) is 0 Å². The fourth-order valence-electron chi connectivity index (χ4n) is 6.29. The van der Waals surface area contributed by atoms with E-state index >= 15 is 0 Å². The second-order valence-electron chi connectivity index (χ2n) is 10.6. The van der Waals surface area contributed by atoms with Crippen LogP contribution in [0.1, 0.15) is 34.0 Å². The predicted molar refractivity (Wildman–Crippen MR) is 161 cm³/mol. The molecule has 0 aliphatic carbocycles. The van der Waals surface area contributed by atoms with Gasteiger partial charge in [0.2, 0.25) is 0 Å². The number of aromatic nitrogens is 1. The monoisotopic (exact) mass is 564 g/mol. The number of hydrogen-bond donors (Lipinski definition) is 0. The zero-order valence-corrected chi connectivity index (χ0v) is 24.0. The van der Waals surface area contributed by atoms with Gasteiger partial charge in [-0.05, 0) is 77.6 Å². The molecule has 2 aliphatic heterocycles. The molecule has 0 radical (unpaired) electrons. The summed E-state index contributed by atoms with van der Waals surface area (Å²) in [6, 6.07) is 30.5. The van der Waals surface area contributed by atoms with E-state index in [1.165, 1.54) is 16.7 Å². The summed E-state index contributed by atoms with van der Waals surface area (Å²) in [5.74, 6) is 2.33. The SMILES string of the molecule is COc1ccc2c(c1)c1c(n2S(=O)c2ccccc2)CN2CCc3cc(OC)c(OCc4ccccc4)cc3C2C1. The van der Waals surface area contributed by atoms with Gasteiger partial charge in [0.15, 0.2) is 22.5 Å². The molecule has 6 nitrogen and oxygen atoms in total. The minimum atomic E-state index is -1.36. The highest BCUT2D eigenvalue weighted by Crippen LogP contribution is 2.45. The first-order valence-corrected chi connectivity index (χ1v) is 15.0. The molecule has 4 aromatic carbocycles. The van der Waals surface area contributed by atoms with Gasteiger partial charge in [-0.15, -0.1) is 0 Å². The minimum Gasteiger partial charge on any atom is -0.497 e. The lowest BCUT2D eigenvalue weighted by molar-refractivity contribution is 0.158. The zero-order valence-electron chi connectivity index (χ0n) is 23.2. The van der Waals surface area contributed by atoms with Crippen LogP contribution in [-0.2, 0) is 37.0 Å². The summed E-state index contributed by atoms with van der Waals surface area (Å²) in [7, 11) is 2.03. The molecular weight excluding hydrogens is 532 g/mol. The summed E-state index contributed by atoms with van der Waals surface area (Å²) in [6.07, 6.45) is 1.74. The Morgan fingerprint density at radius 2 is 1.66 bits per heavy atom. The van der Waals surface area contributed by atoms with Gasteiger partial charge in [0.1, 0.15) is 12.4 Å². The molecule has 3 heterocycles. The Hall–Kier alpha value is -4.07. The van der Waals surface area contributed by atoms with Crippen molar-refractivity contribution in [3.05, 3.63) is 119 Å². The lowest BCUT2D eigenvalue weighted by Gasteiger charge is -2.41. The van der Waals surface area contributed by atoms with Crippen LogP contribution in [0.15, 0.2) is 95.9 Å². The summed E-state index contributed by atoms with van der Waals surface area (Å²) in [5, 5.41) is 1.10. The average molecular weight is 565 g/mol. The van der Waals surface area contributed by atoms with Crippen LogP contribution in [0.25, 0.3) is 10.9 Å². The normalized spacial score (nSPS) is 16.9. The van der Waals surface area contributed by atoms with E-state index in [1.54, 1.807) is 14.2 Å². The first-order chi connectivity index (χ1) is 20.1. The summed E-state index contributed by atoms with van der Waals surface area (Å²) in [4.78, 5) is 3.31. The molecule has 5 aromatic rings. The molecule has 0 N–H and O–H groups in total. The average Bonchev–Trinajstić information content (AvgIpc) is 3.35. The Morgan fingerprint density at radius 1 is 0.878 bits per heavy atom.